The van der Waals surface area contributed by atoms with E-state index in [-0.39, 0.29) is 5.56 Å². The van der Waals surface area contributed by atoms with Crippen LogP contribution in [-0.2, 0) is 0 Å². The molecule has 0 fully saturated rings. The van der Waals surface area contributed by atoms with Crippen LogP contribution in [-0.4, -0.2) is 19.4 Å². The Labute approximate surface area is 113 Å². The molecule has 20 heavy (non-hydrogen) atoms. The summed E-state index contributed by atoms with van der Waals surface area (Å²) in [6.45, 7) is 3.38. The first-order valence-corrected chi connectivity index (χ1v) is 5.86. The molecule has 0 aliphatic rings. The highest BCUT2D eigenvalue weighted by Gasteiger charge is 2.60. The van der Waals surface area contributed by atoms with Crippen molar-refractivity contribution in [2.24, 2.45) is 5.92 Å². The van der Waals surface area contributed by atoms with Gasteiger partial charge in [0.15, 0.2) is 5.92 Å². The van der Waals surface area contributed by atoms with Crippen LogP contribution in [0.3, 0.4) is 0 Å². The van der Waals surface area contributed by atoms with E-state index in [2.05, 4.69) is 5.32 Å². The van der Waals surface area contributed by atoms with Crippen molar-refractivity contribution < 1.29 is 26.3 Å². The monoisotopic (exact) mass is 299 g/mol. The normalized spacial score (nSPS) is 14.7. The molecular weight excluding hydrogens is 284 g/mol. The lowest BCUT2D eigenvalue weighted by molar-refractivity contribution is -0.292. The fraction of sp³-hybridized carbons (Fsp3) is 0.538. The minimum absolute atomic E-state index is 0.0322. The lowest BCUT2D eigenvalue weighted by Gasteiger charge is -2.31. The molecular formula is C13H15F6N. The van der Waals surface area contributed by atoms with Crippen LogP contribution in [0.2, 0.25) is 0 Å². The maximum atomic E-state index is 12.8. The molecule has 0 amide bonds. The Kier molecular flexibility index (Phi) is 4.74. The maximum Gasteiger partial charge on any atom is 0.402 e. The molecule has 114 valence electrons. The van der Waals surface area contributed by atoms with Crippen molar-refractivity contribution in [1.29, 1.82) is 0 Å². The summed E-state index contributed by atoms with van der Waals surface area (Å²) in [5, 5.41) is 2.14. The maximum absolute atomic E-state index is 12.8. The van der Waals surface area contributed by atoms with Crippen molar-refractivity contribution >= 4 is 0 Å². The van der Waals surface area contributed by atoms with Crippen LogP contribution in [0.25, 0.3) is 0 Å². The third-order valence-corrected chi connectivity index (χ3v) is 3.24. The van der Waals surface area contributed by atoms with E-state index in [1.165, 1.54) is 18.2 Å². The van der Waals surface area contributed by atoms with Gasteiger partial charge < -0.3 is 5.32 Å². The number of aryl methyl sites for hydroxylation is 2. The Bertz CT molecular complexity index is 449. The molecule has 1 unspecified atom stereocenters. The van der Waals surface area contributed by atoms with Crippen molar-refractivity contribution in [2.75, 3.05) is 7.05 Å². The van der Waals surface area contributed by atoms with Gasteiger partial charge in [0, 0.05) is 0 Å². The largest absolute Gasteiger partial charge is 0.402 e. The van der Waals surface area contributed by atoms with Crippen molar-refractivity contribution in [3.8, 4) is 0 Å². The summed E-state index contributed by atoms with van der Waals surface area (Å²) in [4.78, 5) is 0. The van der Waals surface area contributed by atoms with E-state index < -0.39 is 24.3 Å². The zero-order valence-corrected chi connectivity index (χ0v) is 11.2. The van der Waals surface area contributed by atoms with Gasteiger partial charge in [-0.25, -0.2) is 0 Å². The van der Waals surface area contributed by atoms with Crippen molar-refractivity contribution in [3.63, 3.8) is 0 Å². The first-order valence-electron chi connectivity index (χ1n) is 5.86. The standard InChI is InChI=1S/C13H15F6N/c1-7-4-5-9(6-8(7)2)10(20-3)11(12(14,15)16)13(17,18)19/h4-6,10-11,20H,1-3H3. The summed E-state index contributed by atoms with van der Waals surface area (Å²) in [7, 11) is 1.09. The molecule has 1 rings (SSSR count). The number of rotatable bonds is 3. The first-order chi connectivity index (χ1) is 8.98. The van der Waals surface area contributed by atoms with Crippen molar-refractivity contribution in [3.05, 3.63) is 34.9 Å². The van der Waals surface area contributed by atoms with E-state index in [0.717, 1.165) is 12.6 Å². The second-order valence-corrected chi connectivity index (χ2v) is 4.67. The van der Waals surface area contributed by atoms with Crippen LogP contribution in [0.5, 0.6) is 0 Å². The first kappa shape index (κ1) is 16.8. The summed E-state index contributed by atoms with van der Waals surface area (Å²) in [6, 6.07) is 2.28. The summed E-state index contributed by atoms with van der Waals surface area (Å²) in [6.07, 6.45) is -10.7. The predicted octanol–water partition coefficient (Wildman–Crippen LogP) is 4.30. The van der Waals surface area contributed by atoms with Crippen LogP contribution in [0.1, 0.15) is 22.7 Å². The molecule has 0 saturated heterocycles. The van der Waals surface area contributed by atoms with Gasteiger partial charge in [-0.3, -0.25) is 0 Å². The van der Waals surface area contributed by atoms with Gasteiger partial charge >= 0.3 is 12.4 Å². The number of hydrogen-bond acceptors (Lipinski definition) is 1. The molecule has 7 heteroatoms. The number of hydrogen-bond donors (Lipinski definition) is 1. The zero-order chi connectivity index (χ0) is 15.7. The van der Waals surface area contributed by atoms with E-state index >= 15 is 0 Å². The number of nitrogens with one attached hydrogen (secondary N) is 1. The van der Waals surface area contributed by atoms with Gasteiger partial charge in [0.1, 0.15) is 0 Å². The highest BCUT2D eigenvalue weighted by atomic mass is 19.4. The number of alkyl halides is 6. The Balaban J connectivity index is 3.30. The van der Waals surface area contributed by atoms with Gasteiger partial charge in [-0.15, -0.1) is 0 Å². The molecule has 0 heterocycles. The van der Waals surface area contributed by atoms with Gasteiger partial charge in [-0.2, -0.15) is 26.3 Å². The van der Waals surface area contributed by atoms with Crippen LogP contribution >= 0.6 is 0 Å². The smallest absolute Gasteiger partial charge is 0.312 e. The second-order valence-electron chi connectivity index (χ2n) is 4.67. The molecule has 0 saturated carbocycles. The average Bonchev–Trinajstić information content (AvgIpc) is 2.26. The van der Waals surface area contributed by atoms with Crippen molar-refractivity contribution in [1.82, 2.24) is 5.32 Å². The minimum Gasteiger partial charge on any atom is -0.312 e. The summed E-state index contributed by atoms with van der Waals surface area (Å²) in [5.74, 6) is -3.44. The molecule has 0 aliphatic carbocycles. The lowest BCUT2D eigenvalue weighted by Crippen LogP contribution is -2.45. The van der Waals surface area contributed by atoms with Crippen LogP contribution < -0.4 is 5.32 Å². The lowest BCUT2D eigenvalue weighted by atomic mass is 9.90. The average molecular weight is 299 g/mol. The highest BCUT2D eigenvalue weighted by molar-refractivity contribution is 5.32. The van der Waals surface area contributed by atoms with E-state index in [4.69, 9.17) is 0 Å². The highest BCUT2D eigenvalue weighted by Crippen LogP contribution is 2.46. The van der Waals surface area contributed by atoms with Crippen LogP contribution in [0.4, 0.5) is 26.3 Å². The zero-order valence-electron chi connectivity index (χ0n) is 11.2. The Morgan fingerprint density at radius 3 is 1.75 bits per heavy atom. The fourth-order valence-electron chi connectivity index (χ4n) is 2.05. The third-order valence-electron chi connectivity index (χ3n) is 3.24. The SMILES string of the molecule is CNC(c1ccc(C)c(C)c1)C(C(F)(F)F)C(F)(F)F. The molecule has 0 bridgehead atoms. The van der Waals surface area contributed by atoms with Crippen molar-refractivity contribution in [2.45, 2.75) is 32.2 Å². The molecule has 1 nitrogen and oxygen atoms in total. The molecule has 1 atom stereocenters. The predicted molar refractivity (Wildman–Crippen MR) is 63.3 cm³/mol. The van der Waals surface area contributed by atoms with Crippen LogP contribution in [0.15, 0.2) is 18.2 Å². The summed E-state index contributed by atoms with van der Waals surface area (Å²) >= 11 is 0. The Morgan fingerprint density at radius 1 is 0.900 bits per heavy atom. The molecule has 0 aromatic heterocycles. The van der Waals surface area contributed by atoms with E-state index in [1.807, 2.05) is 0 Å². The van der Waals surface area contributed by atoms with E-state index in [9.17, 15) is 26.3 Å². The topological polar surface area (TPSA) is 12.0 Å². The van der Waals surface area contributed by atoms with E-state index in [0.29, 0.717) is 5.56 Å². The molecule has 1 N–H and O–H groups in total. The number of halogens is 6. The Morgan fingerprint density at radius 2 is 1.40 bits per heavy atom. The van der Waals surface area contributed by atoms with Gasteiger partial charge in [0.2, 0.25) is 0 Å². The van der Waals surface area contributed by atoms with Gasteiger partial charge in [-0.1, -0.05) is 18.2 Å². The quantitative estimate of drug-likeness (QED) is 0.820. The van der Waals surface area contributed by atoms with E-state index in [1.54, 1.807) is 13.8 Å². The molecule has 0 spiro atoms. The van der Waals surface area contributed by atoms with Gasteiger partial charge in [-0.05, 0) is 37.6 Å². The molecule has 1 aromatic rings. The number of benzene rings is 1. The Hall–Kier alpha value is -1.24. The minimum atomic E-state index is -5.37. The van der Waals surface area contributed by atoms with Crippen LogP contribution in [0, 0.1) is 19.8 Å². The molecule has 0 aliphatic heterocycles. The summed E-state index contributed by atoms with van der Waals surface area (Å²) < 4.78 is 76.6. The fourth-order valence-corrected chi connectivity index (χ4v) is 2.05. The second kappa shape index (κ2) is 5.63. The molecule has 0 radical (unpaired) electrons. The van der Waals surface area contributed by atoms with Gasteiger partial charge in [0.05, 0.1) is 6.04 Å². The third kappa shape index (κ3) is 3.65. The summed E-state index contributed by atoms with van der Waals surface area (Å²) in [5.41, 5.74) is 1.42. The molecule has 1 aromatic carbocycles. The van der Waals surface area contributed by atoms with Gasteiger partial charge in [0.25, 0.3) is 0 Å².